The molecule has 0 unspecified atom stereocenters. The minimum atomic E-state index is -2.83. The summed E-state index contributed by atoms with van der Waals surface area (Å²) in [5.41, 5.74) is 0. The highest BCUT2D eigenvalue weighted by atomic mass is 32.2. The number of sulfone groups is 1. The molecule has 0 atom stereocenters. The Kier molecular flexibility index (Phi) is 7.97. The summed E-state index contributed by atoms with van der Waals surface area (Å²) in [5, 5.41) is 3.31. The standard InChI is InChI=1S/C11H26N2O2S/c1-5-9-16(14,15)10-8-13(4)7-6-12-11(2)3/h11-12H,5-10H2,1-4H3. The largest absolute Gasteiger partial charge is 0.313 e. The molecule has 16 heavy (non-hydrogen) atoms. The highest BCUT2D eigenvalue weighted by molar-refractivity contribution is 7.91. The number of likely N-dealkylation sites (N-methyl/N-ethyl adjacent to an activating group) is 1. The average Bonchev–Trinajstić information content (AvgIpc) is 2.14. The lowest BCUT2D eigenvalue weighted by atomic mass is 10.4. The lowest BCUT2D eigenvalue weighted by Crippen LogP contribution is -2.35. The molecule has 0 aliphatic carbocycles. The quantitative estimate of drug-likeness (QED) is 0.656. The first-order valence-electron chi connectivity index (χ1n) is 5.99. The van der Waals surface area contributed by atoms with E-state index in [0.717, 1.165) is 13.1 Å². The molecule has 4 nitrogen and oxygen atoms in total. The summed E-state index contributed by atoms with van der Waals surface area (Å²) in [6.45, 7) is 8.52. The van der Waals surface area contributed by atoms with Crippen LogP contribution in [0.5, 0.6) is 0 Å². The van der Waals surface area contributed by atoms with E-state index >= 15 is 0 Å². The third kappa shape index (κ3) is 9.12. The average molecular weight is 250 g/mol. The van der Waals surface area contributed by atoms with Gasteiger partial charge < -0.3 is 10.2 Å². The van der Waals surface area contributed by atoms with Crippen LogP contribution in [-0.2, 0) is 9.84 Å². The third-order valence-corrected chi connectivity index (χ3v) is 4.18. The van der Waals surface area contributed by atoms with Gasteiger partial charge in [0.05, 0.1) is 5.75 Å². The second-order valence-electron chi connectivity index (χ2n) is 4.56. The Bertz CT molecular complexity index is 263. The van der Waals surface area contributed by atoms with E-state index in [0.29, 0.717) is 24.8 Å². The number of hydrogen-bond acceptors (Lipinski definition) is 4. The van der Waals surface area contributed by atoms with Gasteiger partial charge in [0.25, 0.3) is 0 Å². The first-order chi connectivity index (χ1) is 7.37. The van der Waals surface area contributed by atoms with Crippen molar-refractivity contribution in [3.63, 3.8) is 0 Å². The van der Waals surface area contributed by atoms with E-state index < -0.39 is 9.84 Å². The Morgan fingerprint density at radius 1 is 1.19 bits per heavy atom. The molecule has 0 bridgehead atoms. The van der Waals surface area contributed by atoms with Gasteiger partial charge >= 0.3 is 0 Å². The van der Waals surface area contributed by atoms with Crippen LogP contribution in [0.1, 0.15) is 27.2 Å². The van der Waals surface area contributed by atoms with Gasteiger partial charge in [-0.15, -0.1) is 0 Å². The van der Waals surface area contributed by atoms with Crippen LogP contribution >= 0.6 is 0 Å². The van der Waals surface area contributed by atoms with Crippen molar-refractivity contribution < 1.29 is 8.42 Å². The van der Waals surface area contributed by atoms with Crippen LogP contribution in [0.2, 0.25) is 0 Å². The van der Waals surface area contributed by atoms with Gasteiger partial charge in [0.1, 0.15) is 0 Å². The van der Waals surface area contributed by atoms with E-state index in [-0.39, 0.29) is 5.75 Å². The van der Waals surface area contributed by atoms with Crippen LogP contribution in [0, 0.1) is 0 Å². The van der Waals surface area contributed by atoms with Gasteiger partial charge in [0.2, 0.25) is 0 Å². The molecule has 0 aromatic carbocycles. The highest BCUT2D eigenvalue weighted by Gasteiger charge is 2.10. The Labute approximate surface area is 100 Å². The fourth-order valence-electron chi connectivity index (χ4n) is 1.36. The lowest BCUT2D eigenvalue weighted by molar-refractivity contribution is 0.344. The minimum absolute atomic E-state index is 0.277. The predicted octanol–water partition coefficient (Wildman–Crippen LogP) is 0.741. The Hall–Kier alpha value is -0.130. The molecule has 5 heteroatoms. The smallest absolute Gasteiger partial charge is 0.151 e. The fraction of sp³-hybridized carbons (Fsp3) is 1.00. The second kappa shape index (κ2) is 8.03. The van der Waals surface area contributed by atoms with E-state index in [9.17, 15) is 8.42 Å². The van der Waals surface area contributed by atoms with Gasteiger partial charge in [-0.3, -0.25) is 0 Å². The predicted molar refractivity (Wildman–Crippen MR) is 69.6 cm³/mol. The number of nitrogens with one attached hydrogen (secondary N) is 1. The Morgan fingerprint density at radius 2 is 1.81 bits per heavy atom. The summed E-state index contributed by atoms with van der Waals surface area (Å²) >= 11 is 0. The number of hydrogen-bond donors (Lipinski definition) is 1. The SMILES string of the molecule is CCCS(=O)(=O)CCN(C)CCNC(C)C. The molecule has 0 saturated heterocycles. The summed E-state index contributed by atoms with van der Waals surface area (Å²) in [6.07, 6.45) is 0.709. The van der Waals surface area contributed by atoms with Crippen molar-refractivity contribution in [1.82, 2.24) is 10.2 Å². The molecule has 1 N–H and O–H groups in total. The van der Waals surface area contributed by atoms with Crippen molar-refractivity contribution in [2.45, 2.75) is 33.2 Å². The molecule has 0 aliphatic rings. The van der Waals surface area contributed by atoms with Crippen molar-refractivity contribution in [1.29, 1.82) is 0 Å². The first kappa shape index (κ1) is 15.9. The second-order valence-corrected chi connectivity index (χ2v) is 6.87. The summed E-state index contributed by atoms with van der Waals surface area (Å²) < 4.78 is 22.9. The zero-order valence-corrected chi connectivity index (χ0v) is 11.8. The topological polar surface area (TPSA) is 49.4 Å². The van der Waals surface area contributed by atoms with Crippen LogP contribution in [0.15, 0.2) is 0 Å². The molecule has 0 fully saturated rings. The maximum atomic E-state index is 11.5. The molecule has 0 aromatic rings. The summed E-state index contributed by atoms with van der Waals surface area (Å²) in [6, 6.07) is 0.484. The fourth-order valence-corrected chi connectivity index (χ4v) is 2.78. The zero-order valence-electron chi connectivity index (χ0n) is 11.0. The van der Waals surface area contributed by atoms with Crippen LogP contribution in [0.25, 0.3) is 0 Å². The van der Waals surface area contributed by atoms with Crippen molar-refractivity contribution in [2.24, 2.45) is 0 Å². The van der Waals surface area contributed by atoms with Gasteiger partial charge in [-0.05, 0) is 13.5 Å². The molecule has 0 radical (unpaired) electrons. The van der Waals surface area contributed by atoms with Crippen molar-refractivity contribution in [2.75, 3.05) is 38.2 Å². The van der Waals surface area contributed by atoms with Gasteiger partial charge in [-0.25, -0.2) is 8.42 Å². The number of nitrogens with zero attached hydrogens (tertiary/aromatic N) is 1. The maximum absolute atomic E-state index is 11.5. The summed E-state index contributed by atoms with van der Waals surface area (Å²) in [5.74, 6) is 0.587. The Balaban J connectivity index is 3.68. The first-order valence-corrected chi connectivity index (χ1v) is 7.82. The van der Waals surface area contributed by atoms with Crippen molar-refractivity contribution in [3.8, 4) is 0 Å². The molecule has 0 heterocycles. The maximum Gasteiger partial charge on any atom is 0.151 e. The highest BCUT2D eigenvalue weighted by Crippen LogP contribution is 1.95. The van der Waals surface area contributed by atoms with Gasteiger partial charge in [0, 0.05) is 31.4 Å². The molecule has 0 aromatic heterocycles. The van der Waals surface area contributed by atoms with Gasteiger partial charge in [-0.1, -0.05) is 20.8 Å². The molecule has 98 valence electrons. The van der Waals surface area contributed by atoms with E-state index in [1.807, 2.05) is 14.0 Å². The Morgan fingerprint density at radius 3 is 2.31 bits per heavy atom. The van der Waals surface area contributed by atoms with Crippen LogP contribution < -0.4 is 5.32 Å². The normalized spacial score (nSPS) is 12.6. The molecule has 0 spiro atoms. The van der Waals surface area contributed by atoms with Crippen molar-refractivity contribution in [3.05, 3.63) is 0 Å². The van der Waals surface area contributed by atoms with Crippen LogP contribution in [0.4, 0.5) is 0 Å². The molecular weight excluding hydrogens is 224 g/mol. The van der Waals surface area contributed by atoms with Crippen LogP contribution in [0.3, 0.4) is 0 Å². The minimum Gasteiger partial charge on any atom is -0.313 e. The molecule has 0 amide bonds. The monoisotopic (exact) mass is 250 g/mol. The summed E-state index contributed by atoms with van der Waals surface area (Å²) in [7, 11) is -0.868. The van der Waals surface area contributed by atoms with Crippen molar-refractivity contribution >= 4 is 9.84 Å². The van der Waals surface area contributed by atoms with E-state index in [4.69, 9.17) is 0 Å². The van der Waals surface area contributed by atoms with E-state index in [1.165, 1.54) is 0 Å². The summed E-state index contributed by atoms with van der Waals surface area (Å²) in [4.78, 5) is 2.06. The molecule has 0 aliphatic heterocycles. The molecular formula is C11H26N2O2S. The van der Waals surface area contributed by atoms with Crippen LogP contribution in [-0.4, -0.2) is 57.5 Å². The van der Waals surface area contributed by atoms with E-state index in [2.05, 4.69) is 24.1 Å². The van der Waals surface area contributed by atoms with E-state index in [1.54, 1.807) is 0 Å². The molecule has 0 rings (SSSR count). The van der Waals surface area contributed by atoms with Gasteiger partial charge in [-0.2, -0.15) is 0 Å². The lowest BCUT2D eigenvalue weighted by Gasteiger charge is -2.17. The number of rotatable bonds is 9. The zero-order chi connectivity index (χ0) is 12.6. The van der Waals surface area contributed by atoms with Gasteiger partial charge in [0.15, 0.2) is 9.84 Å². The third-order valence-electron chi connectivity index (χ3n) is 2.35. The molecule has 0 saturated carbocycles.